The molecule has 2 rings (SSSR count). The number of nitrogens with one attached hydrogen (secondary N) is 1. The van der Waals surface area contributed by atoms with E-state index in [2.05, 4.69) is 10.3 Å². The third-order valence-electron chi connectivity index (χ3n) is 3.22. The summed E-state index contributed by atoms with van der Waals surface area (Å²) in [7, 11) is 0. The zero-order valence-electron chi connectivity index (χ0n) is 14.0. The van der Waals surface area contributed by atoms with Crippen molar-refractivity contribution < 1.29 is 17.9 Å². The highest BCUT2D eigenvalue weighted by molar-refractivity contribution is 5.92. The standard InChI is InChI=1S/C18H20F3N3O/c1-11(2)25-14-5-3-13(4-6-14)24-18(22)23-8-7-12-9-15(19)17(21)16(20)10-12/h3-6,9-11H,7-8H2,1-2H3,(H3,22,23,24). The Morgan fingerprint density at radius 1 is 1.12 bits per heavy atom. The van der Waals surface area contributed by atoms with E-state index in [1.807, 2.05) is 13.8 Å². The number of hydrogen-bond acceptors (Lipinski definition) is 2. The first kappa shape index (κ1) is 18.6. The predicted octanol–water partition coefficient (Wildman–Crippen LogP) is 3.86. The predicted molar refractivity (Wildman–Crippen MR) is 92.3 cm³/mol. The Morgan fingerprint density at radius 2 is 1.72 bits per heavy atom. The fourth-order valence-electron chi connectivity index (χ4n) is 2.13. The van der Waals surface area contributed by atoms with Crippen LogP contribution in [-0.2, 0) is 6.42 Å². The van der Waals surface area contributed by atoms with Gasteiger partial charge >= 0.3 is 0 Å². The molecule has 2 aromatic carbocycles. The molecule has 134 valence electrons. The average molecular weight is 351 g/mol. The van der Waals surface area contributed by atoms with E-state index in [0.717, 1.165) is 23.6 Å². The largest absolute Gasteiger partial charge is 0.491 e. The van der Waals surface area contributed by atoms with Crippen LogP contribution in [0.2, 0.25) is 0 Å². The minimum Gasteiger partial charge on any atom is -0.491 e. The van der Waals surface area contributed by atoms with E-state index >= 15 is 0 Å². The molecule has 4 nitrogen and oxygen atoms in total. The molecule has 0 unspecified atom stereocenters. The highest BCUT2D eigenvalue weighted by Gasteiger charge is 2.10. The molecule has 0 aliphatic heterocycles. The van der Waals surface area contributed by atoms with Crippen LogP contribution in [0.15, 0.2) is 41.4 Å². The van der Waals surface area contributed by atoms with Crippen LogP contribution in [-0.4, -0.2) is 18.6 Å². The van der Waals surface area contributed by atoms with E-state index in [1.165, 1.54) is 0 Å². The van der Waals surface area contributed by atoms with Gasteiger partial charge in [0, 0.05) is 12.2 Å². The number of rotatable bonds is 6. The third-order valence-corrected chi connectivity index (χ3v) is 3.22. The van der Waals surface area contributed by atoms with E-state index in [0.29, 0.717) is 5.56 Å². The number of aliphatic imine (C=N–C) groups is 1. The molecule has 0 bridgehead atoms. The zero-order valence-corrected chi connectivity index (χ0v) is 14.0. The number of guanidine groups is 1. The molecule has 25 heavy (non-hydrogen) atoms. The van der Waals surface area contributed by atoms with Crippen LogP contribution in [0, 0.1) is 17.5 Å². The Kier molecular flexibility index (Phi) is 6.27. The van der Waals surface area contributed by atoms with Crippen molar-refractivity contribution in [3.8, 4) is 5.75 Å². The molecular weight excluding hydrogens is 331 g/mol. The topological polar surface area (TPSA) is 59.6 Å². The maximum absolute atomic E-state index is 13.1. The van der Waals surface area contributed by atoms with Crippen LogP contribution >= 0.6 is 0 Å². The summed E-state index contributed by atoms with van der Waals surface area (Å²) < 4.78 is 44.7. The van der Waals surface area contributed by atoms with Gasteiger partial charge in [0.05, 0.1) is 6.10 Å². The lowest BCUT2D eigenvalue weighted by Gasteiger charge is -2.11. The SMILES string of the molecule is CC(C)Oc1ccc(NC(N)=NCCc2cc(F)c(F)c(F)c2)cc1. The summed E-state index contributed by atoms with van der Waals surface area (Å²) >= 11 is 0. The van der Waals surface area contributed by atoms with Crippen molar-refractivity contribution in [1.29, 1.82) is 0 Å². The normalized spacial score (nSPS) is 11.7. The maximum Gasteiger partial charge on any atom is 0.194 e. The van der Waals surface area contributed by atoms with Crippen LogP contribution in [0.3, 0.4) is 0 Å². The highest BCUT2D eigenvalue weighted by atomic mass is 19.2. The quantitative estimate of drug-likeness (QED) is 0.472. The van der Waals surface area contributed by atoms with Gasteiger partial charge in [-0.05, 0) is 62.2 Å². The Morgan fingerprint density at radius 3 is 2.28 bits per heavy atom. The number of halogens is 3. The molecule has 0 aliphatic carbocycles. The molecule has 0 radical (unpaired) electrons. The molecule has 7 heteroatoms. The Hall–Kier alpha value is -2.70. The van der Waals surface area contributed by atoms with Crippen molar-refractivity contribution in [2.75, 3.05) is 11.9 Å². The minimum absolute atomic E-state index is 0.0894. The number of hydrogen-bond donors (Lipinski definition) is 2. The van der Waals surface area contributed by atoms with E-state index in [4.69, 9.17) is 10.5 Å². The fourth-order valence-corrected chi connectivity index (χ4v) is 2.13. The lowest BCUT2D eigenvalue weighted by molar-refractivity contribution is 0.242. The first-order valence-electron chi connectivity index (χ1n) is 7.82. The molecule has 0 aliphatic rings. The molecule has 3 N–H and O–H groups in total. The van der Waals surface area contributed by atoms with E-state index in [1.54, 1.807) is 24.3 Å². The van der Waals surface area contributed by atoms with Gasteiger partial charge in [0.1, 0.15) is 5.75 Å². The molecule has 0 saturated heterocycles. The molecular formula is C18H20F3N3O. The van der Waals surface area contributed by atoms with Crippen molar-refractivity contribution in [3.05, 3.63) is 59.4 Å². The van der Waals surface area contributed by atoms with Crippen LogP contribution in [0.1, 0.15) is 19.4 Å². The molecule has 0 atom stereocenters. The van der Waals surface area contributed by atoms with Crippen molar-refractivity contribution in [3.63, 3.8) is 0 Å². The van der Waals surface area contributed by atoms with Gasteiger partial charge in [-0.25, -0.2) is 13.2 Å². The second-order valence-electron chi connectivity index (χ2n) is 5.71. The summed E-state index contributed by atoms with van der Waals surface area (Å²) in [6.45, 7) is 4.09. The number of nitrogens with zero attached hydrogens (tertiary/aromatic N) is 1. The molecule has 0 spiro atoms. The van der Waals surface area contributed by atoms with E-state index in [9.17, 15) is 13.2 Å². The molecule has 0 amide bonds. The molecule has 0 aromatic heterocycles. The molecule has 2 aromatic rings. The van der Waals surface area contributed by atoms with Crippen molar-refractivity contribution in [2.24, 2.45) is 10.7 Å². The molecule has 0 fully saturated rings. The first-order valence-corrected chi connectivity index (χ1v) is 7.82. The van der Waals surface area contributed by atoms with Crippen LogP contribution in [0.4, 0.5) is 18.9 Å². The maximum atomic E-state index is 13.1. The van der Waals surface area contributed by atoms with Gasteiger partial charge in [-0.1, -0.05) is 0 Å². The zero-order chi connectivity index (χ0) is 18.4. The summed E-state index contributed by atoms with van der Waals surface area (Å²) in [5.74, 6) is -2.99. The fraction of sp³-hybridized carbons (Fsp3) is 0.278. The average Bonchev–Trinajstić information content (AvgIpc) is 2.54. The van der Waals surface area contributed by atoms with Crippen LogP contribution < -0.4 is 15.8 Å². The lowest BCUT2D eigenvalue weighted by Crippen LogP contribution is -2.23. The Labute approximate surface area is 144 Å². The van der Waals surface area contributed by atoms with Crippen LogP contribution in [0.25, 0.3) is 0 Å². The van der Waals surface area contributed by atoms with Crippen molar-refractivity contribution in [1.82, 2.24) is 0 Å². The number of benzene rings is 2. The number of ether oxygens (including phenoxy) is 1. The number of anilines is 1. The van der Waals surface area contributed by atoms with Gasteiger partial charge < -0.3 is 15.8 Å². The summed E-state index contributed by atoms with van der Waals surface area (Å²) in [4.78, 5) is 4.08. The van der Waals surface area contributed by atoms with Crippen LogP contribution in [0.5, 0.6) is 5.75 Å². The van der Waals surface area contributed by atoms with E-state index in [-0.39, 0.29) is 25.0 Å². The first-order chi connectivity index (χ1) is 11.8. The Bertz CT molecular complexity index is 723. The minimum atomic E-state index is -1.47. The summed E-state index contributed by atoms with van der Waals surface area (Å²) in [5.41, 5.74) is 6.81. The summed E-state index contributed by atoms with van der Waals surface area (Å²) in [6.07, 6.45) is 0.323. The van der Waals surface area contributed by atoms with Gasteiger partial charge in [0.15, 0.2) is 23.4 Å². The van der Waals surface area contributed by atoms with Gasteiger partial charge in [0.2, 0.25) is 0 Å². The van der Waals surface area contributed by atoms with Gasteiger partial charge in [-0.3, -0.25) is 4.99 Å². The summed E-state index contributed by atoms with van der Waals surface area (Å²) in [6, 6.07) is 9.10. The lowest BCUT2D eigenvalue weighted by atomic mass is 10.1. The van der Waals surface area contributed by atoms with Gasteiger partial charge in [0.25, 0.3) is 0 Å². The summed E-state index contributed by atoms with van der Waals surface area (Å²) in [5, 5.41) is 2.90. The monoisotopic (exact) mass is 351 g/mol. The van der Waals surface area contributed by atoms with Gasteiger partial charge in [-0.2, -0.15) is 0 Å². The second-order valence-corrected chi connectivity index (χ2v) is 5.71. The second kappa shape index (κ2) is 8.41. The van der Waals surface area contributed by atoms with Gasteiger partial charge in [-0.15, -0.1) is 0 Å². The smallest absolute Gasteiger partial charge is 0.194 e. The number of nitrogens with two attached hydrogens (primary N) is 1. The highest BCUT2D eigenvalue weighted by Crippen LogP contribution is 2.17. The molecule has 0 heterocycles. The Balaban J connectivity index is 1.89. The molecule has 0 saturated carbocycles. The third kappa shape index (κ3) is 5.70. The van der Waals surface area contributed by atoms with Crippen molar-refractivity contribution >= 4 is 11.6 Å². The van der Waals surface area contributed by atoms with Crippen molar-refractivity contribution in [2.45, 2.75) is 26.4 Å². The van der Waals surface area contributed by atoms with E-state index < -0.39 is 17.5 Å².